The fraction of sp³-hybridized carbons (Fsp3) is 0.714. The van der Waals surface area contributed by atoms with Crippen LogP contribution in [0.1, 0.15) is 48.5 Å². The molecule has 0 aromatic carbocycles. The van der Waals surface area contributed by atoms with E-state index in [4.69, 9.17) is 11.5 Å². The molecule has 4 saturated carbocycles. The van der Waals surface area contributed by atoms with Gasteiger partial charge >= 0.3 is 0 Å². The smallest absolute Gasteiger partial charge is 0.254 e. The minimum atomic E-state index is -0.479. The molecule has 0 radical (unpaired) electrons. The molecule has 19 heavy (non-hydrogen) atoms. The highest BCUT2D eigenvalue weighted by atomic mass is 16.1. The van der Waals surface area contributed by atoms with E-state index in [1.807, 2.05) is 4.68 Å². The van der Waals surface area contributed by atoms with Crippen LogP contribution in [0.25, 0.3) is 0 Å². The number of hydrogen-bond donors (Lipinski definition) is 2. The zero-order valence-electron chi connectivity index (χ0n) is 11.0. The Balaban J connectivity index is 1.71. The van der Waals surface area contributed by atoms with E-state index >= 15 is 0 Å². The van der Waals surface area contributed by atoms with Crippen molar-refractivity contribution in [2.24, 2.45) is 29.4 Å². The van der Waals surface area contributed by atoms with Crippen LogP contribution in [0.4, 0.5) is 5.82 Å². The number of aromatic nitrogens is 2. The Kier molecular flexibility index (Phi) is 2.23. The summed E-state index contributed by atoms with van der Waals surface area (Å²) in [5, 5.41) is 4.37. The summed E-state index contributed by atoms with van der Waals surface area (Å²) in [5.74, 6) is 3.22. The van der Waals surface area contributed by atoms with Gasteiger partial charge in [-0.15, -0.1) is 0 Å². The van der Waals surface area contributed by atoms with Crippen molar-refractivity contribution in [1.29, 1.82) is 0 Å². The molecule has 0 aliphatic heterocycles. The standard InChI is InChI=1S/C14H20N4O/c15-13-11(14(16)19)6-17-18(13)12-9-2-7-1-8(4-9)5-10(12)3-7/h6-10,12H,1-5,15H2,(H2,16,19). The lowest BCUT2D eigenvalue weighted by atomic mass is 9.54. The largest absolute Gasteiger partial charge is 0.383 e. The van der Waals surface area contributed by atoms with Crippen molar-refractivity contribution in [3.8, 4) is 0 Å². The molecule has 102 valence electrons. The molecule has 1 amide bonds. The highest BCUT2D eigenvalue weighted by molar-refractivity contribution is 5.96. The molecule has 4 aliphatic carbocycles. The van der Waals surface area contributed by atoms with Crippen molar-refractivity contribution in [2.75, 3.05) is 5.73 Å². The van der Waals surface area contributed by atoms with E-state index < -0.39 is 5.91 Å². The van der Waals surface area contributed by atoms with Crippen LogP contribution in [-0.2, 0) is 0 Å². The molecule has 1 heterocycles. The second-order valence-electron chi connectivity index (χ2n) is 6.67. The van der Waals surface area contributed by atoms with Crippen LogP contribution in [0.15, 0.2) is 6.20 Å². The van der Waals surface area contributed by atoms with E-state index in [2.05, 4.69) is 5.10 Å². The SMILES string of the molecule is NC(=O)c1cnn(C2C3CC4CC(C3)CC2C4)c1N. The highest BCUT2D eigenvalue weighted by Crippen LogP contribution is 2.58. The Bertz CT molecular complexity index is 508. The number of nitrogen functional groups attached to an aromatic ring is 1. The molecule has 5 rings (SSSR count). The third kappa shape index (κ3) is 1.53. The number of carbonyl (C=O) groups excluding carboxylic acids is 1. The van der Waals surface area contributed by atoms with Crippen molar-refractivity contribution >= 4 is 11.7 Å². The van der Waals surface area contributed by atoms with Gasteiger partial charge in [-0.1, -0.05) is 0 Å². The monoisotopic (exact) mass is 260 g/mol. The van der Waals surface area contributed by atoms with Crippen LogP contribution in [0, 0.1) is 23.7 Å². The predicted octanol–water partition coefficient (Wildman–Crippen LogP) is 1.56. The Morgan fingerprint density at radius 2 is 1.74 bits per heavy atom. The summed E-state index contributed by atoms with van der Waals surface area (Å²) >= 11 is 0. The second kappa shape index (κ2) is 3.74. The molecule has 4 aliphatic rings. The molecule has 0 atom stereocenters. The first-order valence-electron chi connectivity index (χ1n) is 7.26. The fourth-order valence-electron chi connectivity index (χ4n) is 5.09. The average Bonchev–Trinajstić information content (AvgIpc) is 2.70. The minimum absolute atomic E-state index is 0.369. The molecular weight excluding hydrogens is 240 g/mol. The first-order chi connectivity index (χ1) is 9.13. The van der Waals surface area contributed by atoms with E-state index in [9.17, 15) is 4.79 Å². The average molecular weight is 260 g/mol. The van der Waals surface area contributed by atoms with Gasteiger partial charge in [0.1, 0.15) is 11.4 Å². The zero-order chi connectivity index (χ0) is 13.1. The molecule has 4 fully saturated rings. The lowest BCUT2D eigenvalue weighted by Gasteiger charge is -2.54. The van der Waals surface area contributed by atoms with Crippen molar-refractivity contribution in [3.05, 3.63) is 11.8 Å². The predicted molar refractivity (Wildman–Crippen MR) is 71.2 cm³/mol. The molecule has 1 aromatic rings. The maximum Gasteiger partial charge on any atom is 0.254 e. The van der Waals surface area contributed by atoms with Crippen LogP contribution in [-0.4, -0.2) is 15.7 Å². The summed E-state index contributed by atoms with van der Waals surface area (Å²) in [6.45, 7) is 0. The molecule has 4 bridgehead atoms. The van der Waals surface area contributed by atoms with Gasteiger partial charge < -0.3 is 11.5 Å². The summed E-state index contributed by atoms with van der Waals surface area (Å²) < 4.78 is 1.90. The van der Waals surface area contributed by atoms with Gasteiger partial charge in [0.2, 0.25) is 0 Å². The van der Waals surface area contributed by atoms with Gasteiger partial charge in [-0.25, -0.2) is 4.68 Å². The Morgan fingerprint density at radius 1 is 1.16 bits per heavy atom. The van der Waals surface area contributed by atoms with Gasteiger partial charge in [-0.3, -0.25) is 4.79 Å². The number of rotatable bonds is 2. The van der Waals surface area contributed by atoms with Gasteiger partial charge in [-0.2, -0.15) is 5.10 Å². The van der Waals surface area contributed by atoms with E-state index in [0.717, 1.165) is 11.8 Å². The number of amides is 1. The van der Waals surface area contributed by atoms with Crippen LogP contribution < -0.4 is 11.5 Å². The third-order valence-corrected chi connectivity index (χ3v) is 5.56. The Morgan fingerprint density at radius 3 is 2.21 bits per heavy atom. The minimum Gasteiger partial charge on any atom is -0.383 e. The van der Waals surface area contributed by atoms with Crippen LogP contribution in [0.2, 0.25) is 0 Å². The maximum absolute atomic E-state index is 11.3. The topological polar surface area (TPSA) is 86.9 Å². The number of primary amides is 1. The van der Waals surface area contributed by atoms with Crippen molar-refractivity contribution in [2.45, 2.75) is 38.1 Å². The van der Waals surface area contributed by atoms with Gasteiger partial charge in [0.05, 0.1) is 12.2 Å². The summed E-state index contributed by atoms with van der Waals surface area (Å²) in [5.41, 5.74) is 11.8. The normalized spacial score (nSPS) is 39.7. The molecule has 0 unspecified atom stereocenters. The lowest BCUT2D eigenvalue weighted by molar-refractivity contribution is -0.0327. The molecule has 4 N–H and O–H groups in total. The zero-order valence-corrected chi connectivity index (χ0v) is 11.0. The number of nitrogens with zero attached hydrogens (tertiary/aromatic N) is 2. The van der Waals surface area contributed by atoms with Gasteiger partial charge in [0.25, 0.3) is 5.91 Å². The number of hydrogen-bond acceptors (Lipinski definition) is 3. The summed E-state index contributed by atoms with van der Waals surface area (Å²) in [6.07, 6.45) is 8.20. The number of carbonyl (C=O) groups is 1. The van der Waals surface area contributed by atoms with Crippen LogP contribution >= 0.6 is 0 Å². The van der Waals surface area contributed by atoms with Crippen LogP contribution in [0.5, 0.6) is 0 Å². The molecule has 5 nitrogen and oxygen atoms in total. The van der Waals surface area contributed by atoms with E-state index in [-0.39, 0.29) is 0 Å². The molecular formula is C14H20N4O. The molecule has 1 aromatic heterocycles. The quantitative estimate of drug-likeness (QED) is 0.846. The van der Waals surface area contributed by atoms with Gasteiger partial charge in [0, 0.05) is 0 Å². The van der Waals surface area contributed by atoms with E-state index in [1.165, 1.54) is 38.3 Å². The lowest BCUT2D eigenvalue weighted by Crippen LogP contribution is -2.46. The Labute approximate surface area is 112 Å². The van der Waals surface area contributed by atoms with Gasteiger partial charge in [0.15, 0.2) is 0 Å². The van der Waals surface area contributed by atoms with E-state index in [0.29, 0.717) is 29.3 Å². The van der Waals surface area contributed by atoms with Crippen molar-refractivity contribution in [3.63, 3.8) is 0 Å². The third-order valence-electron chi connectivity index (χ3n) is 5.56. The van der Waals surface area contributed by atoms with Gasteiger partial charge in [-0.05, 0) is 55.8 Å². The first-order valence-corrected chi connectivity index (χ1v) is 7.26. The highest BCUT2D eigenvalue weighted by Gasteiger charge is 2.49. The summed E-state index contributed by atoms with van der Waals surface area (Å²) in [7, 11) is 0. The molecule has 0 saturated heterocycles. The Hall–Kier alpha value is -1.52. The first kappa shape index (κ1) is 11.3. The summed E-state index contributed by atoms with van der Waals surface area (Å²) in [6, 6.07) is 0.390. The van der Waals surface area contributed by atoms with E-state index in [1.54, 1.807) is 0 Å². The number of anilines is 1. The summed E-state index contributed by atoms with van der Waals surface area (Å²) in [4.78, 5) is 11.3. The maximum atomic E-state index is 11.3. The van der Waals surface area contributed by atoms with Crippen LogP contribution in [0.3, 0.4) is 0 Å². The van der Waals surface area contributed by atoms with Crippen molar-refractivity contribution < 1.29 is 4.79 Å². The fourth-order valence-corrected chi connectivity index (χ4v) is 5.09. The number of nitrogens with two attached hydrogens (primary N) is 2. The molecule has 5 heteroatoms. The van der Waals surface area contributed by atoms with Crippen molar-refractivity contribution in [1.82, 2.24) is 9.78 Å². The molecule has 0 spiro atoms. The second-order valence-corrected chi connectivity index (χ2v) is 6.67.